The maximum atomic E-state index is 12.4. The average molecular weight is 326 g/mol. The first-order valence-electron chi connectivity index (χ1n) is 9.16. The van der Waals surface area contributed by atoms with Crippen LogP contribution in [-0.4, -0.2) is 41.7 Å². The molecule has 4 heteroatoms. The van der Waals surface area contributed by atoms with Crippen LogP contribution in [0.4, 0.5) is 0 Å². The van der Waals surface area contributed by atoms with Crippen molar-refractivity contribution in [3.8, 4) is 0 Å². The standard InChI is InChI=1S/C18H31NO2S/c1-19(2)17(20)16-13-22-18(21-16,14-9-5-3-6-10-14)15-11-7-4-8-12-15/h14-16H,3-13H2,1-2H3/t16-/m1/s1. The van der Waals surface area contributed by atoms with Gasteiger partial charge in [0.2, 0.25) is 0 Å². The molecule has 0 radical (unpaired) electrons. The van der Waals surface area contributed by atoms with Gasteiger partial charge in [0.25, 0.3) is 5.91 Å². The number of amides is 1. The summed E-state index contributed by atoms with van der Waals surface area (Å²) in [5.74, 6) is 2.33. The van der Waals surface area contributed by atoms with Gasteiger partial charge in [-0.15, -0.1) is 11.8 Å². The normalized spacial score (nSPS) is 30.4. The zero-order valence-corrected chi connectivity index (χ0v) is 15.0. The number of ether oxygens (including phenoxy) is 1. The van der Waals surface area contributed by atoms with E-state index < -0.39 is 0 Å². The second-order valence-corrected chi connectivity index (χ2v) is 8.80. The van der Waals surface area contributed by atoms with Gasteiger partial charge in [-0.3, -0.25) is 4.79 Å². The molecule has 0 N–H and O–H groups in total. The quantitative estimate of drug-likeness (QED) is 0.783. The Morgan fingerprint density at radius 3 is 1.91 bits per heavy atom. The van der Waals surface area contributed by atoms with Crippen LogP contribution in [0.15, 0.2) is 0 Å². The van der Waals surface area contributed by atoms with E-state index >= 15 is 0 Å². The molecular formula is C18H31NO2S. The molecule has 3 nitrogen and oxygen atoms in total. The maximum Gasteiger partial charge on any atom is 0.252 e. The van der Waals surface area contributed by atoms with Gasteiger partial charge in [-0.2, -0.15) is 0 Å². The summed E-state index contributed by atoms with van der Waals surface area (Å²) in [5.41, 5.74) is 0. The van der Waals surface area contributed by atoms with E-state index in [0.717, 1.165) is 5.75 Å². The maximum absolute atomic E-state index is 12.4. The van der Waals surface area contributed by atoms with Crippen LogP contribution in [0.5, 0.6) is 0 Å². The minimum atomic E-state index is -0.219. The van der Waals surface area contributed by atoms with Crippen LogP contribution < -0.4 is 0 Å². The van der Waals surface area contributed by atoms with Gasteiger partial charge in [0, 0.05) is 19.8 Å². The third-order valence-corrected chi connectivity index (χ3v) is 7.53. The molecule has 22 heavy (non-hydrogen) atoms. The lowest BCUT2D eigenvalue weighted by molar-refractivity contribution is -0.152. The van der Waals surface area contributed by atoms with E-state index in [1.807, 2.05) is 25.9 Å². The molecule has 0 unspecified atom stereocenters. The van der Waals surface area contributed by atoms with Crippen LogP contribution in [0, 0.1) is 11.8 Å². The molecule has 1 amide bonds. The van der Waals surface area contributed by atoms with Gasteiger partial charge < -0.3 is 9.64 Å². The third kappa shape index (κ3) is 3.19. The van der Waals surface area contributed by atoms with Gasteiger partial charge >= 0.3 is 0 Å². The van der Waals surface area contributed by atoms with Crippen molar-refractivity contribution in [1.29, 1.82) is 0 Å². The molecule has 3 aliphatic rings. The zero-order chi connectivity index (χ0) is 15.6. The Hall–Kier alpha value is -0.220. The number of rotatable bonds is 3. The molecule has 0 spiro atoms. The molecule has 1 aliphatic heterocycles. The fraction of sp³-hybridized carbons (Fsp3) is 0.944. The van der Waals surface area contributed by atoms with Crippen LogP contribution in [0.2, 0.25) is 0 Å². The molecule has 2 aliphatic carbocycles. The number of nitrogens with zero attached hydrogens (tertiary/aromatic N) is 1. The fourth-order valence-corrected chi connectivity index (χ4v) is 6.43. The molecule has 1 saturated heterocycles. The van der Waals surface area contributed by atoms with E-state index in [9.17, 15) is 4.79 Å². The zero-order valence-electron chi connectivity index (χ0n) is 14.2. The van der Waals surface area contributed by atoms with E-state index in [-0.39, 0.29) is 16.9 Å². The highest BCUT2D eigenvalue weighted by Crippen LogP contribution is 2.55. The van der Waals surface area contributed by atoms with Gasteiger partial charge in [0.1, 0.15) is 11.0 Å². The lowest BCUT2D eigenvalue weighted by Crippen LogP contribution is -2.46. The number of carbonyl (C=O) groups excluding carboxylic acids is 1. The van der Waals surface area contributed by atoms with Crippen LogP contribution in [-0.2, 0) is 9.53 Å². The first-order valence-corrected chi connectivity index (χ1v) is 10.1. The number of likely N-dealkylation sites (N-methyl/N-ethyl adjacent to an activating group) is 1. The van der Waals surface area contributed by atoms with Crippen molar-refractivity contribution in [3.05, 3.63) is 0 Å². The lowest BCUT2D eigenvalue weighted by atomic mass is 9.74. The van der Waals surface area contributed by atoms with Crippen molar-refractivity contribution in [2.24, 2.45) is 11.8 Å². The summed E-state index contributed by atoms with van der Waals surface area (Å²) in [5, 5.41) is 0. The molecule has 2 saturated carbocycles. The Kier molecular flexibility index (Phi) is 5.39. The van der Waals surface area contributed by atoms with Crippen molar-refractivity contribution in [2.45, 2.75) is 75.2 Å². The van der Waals surface area contributed by atoms with Crippen molar-refractivity contribution < 1.29 is 9.53 Å². The van der Waals surface area contributed by atoms with E-state index in [1.165, 1.54) is 64.2 Å². The average Bonchev–Trinajstić information content (AvgIpc) is 3.02. The van der Waals surface area contributed by atoms with Crippen molar-refractivity contribution >= 4 is 17.7 Å². The lowest BCUT2D eigenvalue weighted by Gasteiger charge is -2.45. The summed E-state index contributed by atoms with van der Waals surface area (Å²) in [4.78, 5) is 14.0. The summed E-state index contributed by atoms with van der Waals surface area (Å²) < 4.78 is 6.62. The highest BCUT2D eigenvalue weighted by Gasteiger charge is 2.53. The van der Waals surface area contributed by atoms with Gasteiger partial charge in [-0.05, 0) is 37.5 Å². The minimum Gasteiger partial charge on any atom is -0.350 e. The van der Waals surface area contributed by atoms with Crippen LogP contribution >= 0.6 is 11.8 Å². The predicted octanol–water partition coefficient (Wildman–Crippen LogP) is 4.06. The molecule has 0 aromatic rings. The molecule has 126 valence electrons. The first kappa shape index (κ1) is 16.6. The Morgan fingerprint density at radius 2 is 1.45 bits per heavy atom. The van der Waals surface area contributed by atoms with E-state index in [0.29, 0.717) is 11.8 Å². The molecular weight excluding hydrogens is 294 g/mol. The minimum absolute atomic E-state index is 0.0584. The Labute approximate surface area is 139 Å². The van der Waals surface area contributed by atoms with E-state index in [2.05, 4.69) is 0 Å². The van der Waals surface area contributed by atoms with Crippen LogP contribution in [0.25, 0.3) is 0 Å². The van der Waals surface area contributed by atoms with Crippen molar-refractivity contribution in [3.63, 3.8) is 0 Å². The summed E-state index contributed by atoms with van der Waals surface area (Å²) in [6.45, 7) is 0. The second-order valence-electron chi connectivity index (χ2n) is 7.54. The summed E-state index contributed by atoms with van der Waals surface area (Å²) in [7, 11) is 3.69. The van der Waals surface area contributed by atoms with Gasteiger partial charge in [-0.25, -0.2) is 0 Å². The Balaban J connectivity index is 1.79. The smallest absolute Gasteiger partial charge is 0.252 e. The monoisotopic (exact) mass is 325 g/mol. The fourth-order valence-electron chi connectivity index (χ4n) is 4.68. The molecule has 0 bridgehead atoms. The summed E-state index contributed by atoms with van der Waals surface area (Å²) in [6, 6.07) is 0. The van der Waals surface area contributed by atoms with Crippen LogP contribution in [0.3, 0.4) is 0 Å². The SMILES string of the molecule is CN(C)C(=O)[C@H]1CSC(C2CCCCC2)(C2CCCCC2)O1. The van der Waals surface area contributed by atoms with Gasteiger partial charge in [0.15, 0.2) is 0 Å². The second kappa shape index (κ2) is 7.12. The topological polar surface area (TPSA) is 29.5 Å². The molecule has 3 fully saturated rings. The van der Waals surface area contributed by atoms with Crippen molar-refractivity contribution in [2.75, 3.05) is 19.8 Å². The highest BCUT2D eigenvalue weighted by molar-refractivity contribution is 8.00. The van der Waals surface area contributed by atoms with Gasteiger partial charge in [0.05, 0.1) is 0 Å². The Bertz CT molecular complexity index is 369. The molecule has 1 heterocycles. The van der Waals surface area contributed by atoms with Crippen LogP contribution in [0.1, 0.15) is 64.2 Å². The largest absolute Gasteiger partial charge is 0.350 e. The molecule has 1 atom stereocenters. The Morgan fingerprint density at radius 1 is 0.955 bits per heavy atom. The van der Waals surface area contributed by atoms with Gasteiger partial charge in [-0.1, -0.05) is 38.5 Å². The third-order valence-electron chi connectivity index (χ3n) is 5.85. The number of hydrogen-bond donors (Lipinski definition) is 0. The van der Waals surface area contributed by atoms with Crippen molar-refractivity contribution in [1.82, 2.24) is 4.90 Å². The molecule has 3 rings (SSSR count). The van der Waals surface area contributed by atoms with E-state index in [1.54, 1.807) is 4.90 Å². The number of hydrogen-bond acceptors (Lipinski definition) is 3. The summed E-state index contributed by atoms with van der Waals surface area (Å²) >= 11 is 1.99. The number of carbonyl (C=O) groups is 1. The number of thioether (sulfide) groups is 1. The predicted molar refractivity (Wildman–Crippen MR) is 91.9 cm³/mol. The van der Waals surface area contributed by atoms with E-state index in [4.69, 9.17) is 4.74 Å². The highest BCUT2D eigenvalue weighted by atomic mass is 32.2. The summed E-state index contributed by atoms with van der Waals surface area (Å²) in [6.07, 6.45) is 13.1. The first-order chi connectivity index (χ1) is 10.6. The molecule has 0 aromatic carbocycles. The molecule has 0 aromatic heterocycles.